The van der Waals surface area contributed by atoms with Crippen molar-refractivity contribution in [1.29, 1.82) is 0 Å². The summed E-state index contributed by atoms with van der Waals surface area (Å²) < 4.78 is 0. The molecule has 2 nitrogen and oxygen atoms in total. The predicted molar refractivity (Wildman–Crippen MR) is 63.5 cm³/mol. The number of benzene rings is 1. The molecule has 1 saturated heterocycles. The summed E-state index contributed by atoms with van der Waals surface area (Å²) in [6.45, 7) is 3.48. The number of fused-ring (bicyclic) bond motifs is 1. The lowest BCUT2D eigenvalue weighted by atomic mass is 9.93. The molecule has 0 aromatic heterocycles. The van der Waals surface area contributed by atoms with E-state index < -0.39 is 0 Å². The van der Waals surface area contributed by atoms with Crippen LogP contribution in [0.15, 0.2) is 18.2 Å². The Morgan fingerprint density at radius 2 is 2.20 bits per heavy atom. The van der Waals surface area contributed by atoms with Crippen molar-refractivity contribution in [1.82, 2.24) is 5.32 Å². The lowest BCUT2D eigenvalue weighted by Crippen LogP contribution is -2.13. The second-order valence-corrected chi connectivity index (χ2v) is 4.64. The minimum Gasteiger partial charge on any atom is -0.385 e. The van der Waals surface area contributed by atoms with E-state index in [1.54, 1.807) is 0 Å². The monoisotopic (exact) mass is 202 g/mol. The van der Waals surface area contributed by atoms with Crippen molar-refractivity contribution in [2.75, 3.05) is 25.0 Å². The highest BCUT2D eigenvalue weighted by Crippen LogP contribution is 2.28. The van der Waals surface area contributed by atoms with Gasteiger partial charge in [-0.15, -0.1) is 0 Å². The molecular weight excluding hydrogens is 184 g/mol. The number of nitrogens with one attached hydrogen (secondary N) is 2. The van der Waals surface area contributed by atoms with Crippen LogP contribution in [0.5, 0.6) is 0 Å². The maximum Gasteiger partial charge on any atom is 0.0372 e. The lowest BCUT2D eigenvalue weighted by Gasteiger charge is -2.20. The van der Waals surface area contributed by atoms with E-state index in [0.29, 0.717) is 0 Å². The molecule has 2 aliphatic heterocycles. The van der Waals surface area contributed by atoms with Gasteiger partial charge >= 0.3 is 0 Å². The van der Waals surface area contributed by atoms with Gasteiger partial charge in [-0.1, -0.05) is 12.1 Å². The first-order chi connectivity index (χ1) is 7.43. The van der Waals surface area contributed by atoms with Gasteiger partial charge in [-0.05, 0) is 48.9 Å². The van der Waals surface area contributed by atoms with Crippen LogP contribution >= 0.6 is 0 Å². The third kappa shape index (κ3) is 1.74. The number of rotatable bonds is 1. The molecule has 1 unspecified atom stereocenters. The molecule has 0 radical (unpaired) electrons. The third-order valence-electron chi connectivity index (χ3n) is 3.60. The highest BCUT2D eigenvalue weighted by Gasteiger charge is 2.18. The van der Waals surface area contributed by atoms with E-state index in [0.717, 1.165) is 19.0 Å². The Kier molecular flexibility index (Phi) is 2.37. The summed E-state index contributed by atoms with van der Waals surface area (Å²) in [5.74, 6) is 0.747. The van der Waals surface area contributed by atoms with Gasteiger partial charge in [-0.2, -0.15) is 0 Å². The highest BCUT2D eigenvalue weighted by atomic mass is 14.9. The zero-order valence-electron chi connectivity index (χ0n) is 9.05. The Labute approximate surface area is 91.1 Å². The molecular formula is C13H18N2. The first-order valence-corrected chi connectivity index (χ1v) is 6.01. The molecule has 1 aromatic carbocycles. The predicted octanol–water partition coefficient (Wildman–Crippen LogP) is 2.12. The summed E-state index contributed by atoms with van der Waals surface area (Å²) in [5, 5.41) is 6.90. The summed E-state index contributed by atoms with van der Waals surface area (Å²) >= 11 is 0. The molecule has 0 amide bonds. The molecule has 1 atom stereocenters. The van der Waals surface area contributed by atoms with Gasteiger partial charge in [0.15, 0.2) is 0 Å². The molecule has 3 rings (SSSR count). The second-order valence-electron chi connectivity index (χ2n) is 4.64. The molecule has 0 saturated carbocycles. The average molecular weight is 202 g/mol. The molecule has 15 heavy (non-hydrogen) atoms. The quantitative estimate of drug-likeness (QED) is 0.729. The third-order valence-corrected chi connectivity index (χ3v) is 3.60. The van der Waals surface area contributed by atoms with Crippen LogP contribution in [-0.4, -0.2) is 19.6 Å². The minimum atomic E-state index is 0.747. The van der Waals surface area contributed by atoms with E-state index in [2.05, 4.69) is 28.8 Å². The molecule has 0 bridgehead atoms. The van der Waals surface area contributed by atoms with Gasteiger partial charge in [0.05, 0.1) is 0 Å². The van der Waals surface area contributed by atoms with E-state index in [-0.39, 0.29) is 0 Å². The summed E-state index contributed by atoms with van der Waals surface area (Å²) in [4.78, 5) is 0. The normalized spacial score (nSPS) is 24.7. The van der Waals surface area contributed by atoms with Crippen molar-refractivity contribution in [3.05, 3.63) is 29.3 Å². The Hall–Kier alpha value is -1.02. The number of anilines is 1. The molecule has 80 valence electrons. The Morgan fingerprint density at radius 1 is 1.20 bits per heavy atom. The highest BCUT2D eigenvalue weighted by molar-refractivity contribution is 5.54. The van der Waals surface area contributed by atoms with Crippen molar-refractivity contribution in [2.24, 2.45) is 0 Å². The van der Waals surface area contributed by atoms with Crippen molar-refractivity contribution >= 4 is 5.69 Å². The zero-order valence-corrected chi connectivity index (χ0v) is 9.05. The van der Waals surface area contributed by atoms with Crippen molar-refractivity contribution in [2.45, 2.75) is 25.2 Å². The topological polar surface area (TPSA) is 24.1 Å². The fraction of sp³-hybridized carbons (Fsp3) is 0.538. The van der Waals surface area contributed by atoms with Crippen LogP contribution in [0.25, 0.3) is 0 Å². The summed E-state index contributed by atoms with van der Waals surface area (Å²) in [7, 11) is 0. The zero-order chi connectivity index (χ0) is 10.1. The maximum atomic E-state index is 3.46. The molecule has 2 heteroatoms. The lowest BCUT2D eigenvalue weighted by molar-refractivity contribution is 0.756. The van der Waals surface area contributed by atoms with E-state index >= 15 is 0 Å². The number of aryl methyl sites for hydroxylation is 1. The Morgan fingerprint density at radius 3 is 3.07 bits per heavy atom. The number of hydrogen-bond donors (Lipinski definition) is 2. The number of hydrogen-bond acceptors (Lipinski definition) is 2. The van der Waals surface area contributed by atoms with Crippen LogP contribution in [0.2, 0.25) is 0 Å². The minimum absolute atomic E-state index is 0.747. The van der Waals surface area contributed by atoms with Crippen molar-refractivity contribution in [3.63, 3.8) is 0 Å². The van der Waals surface area contributed by atoms with Gasteiger partial charge in [0.2, 0.25) is 0 Å². The summed E-state index contributed by atoms with van der Waals surface area (Å²) in [5.41, 5.74) is 4.41. The summed E-state index contributed by atoms with van der Waals surface area (Å²) in [6, 6.07) is 6.98. The first-order valence-electron chi connectivity index (χ1n) is 6.01. The van der Waals surface area contributed by atoms with Gasteiger partial charge in [0.1, 0.15) is 0 Å². The van der Waals surface area contributed by atoms with E-state index in [9.17, 15) is 0 Å². The first kappa shape index (κ1) is 9.22. The smallest absolute Gasteiger partial charge is 0.0372 e. The van der Waals surface area contributed by atoms with Crippen LogP contribution < -0.4 is 10.6 Å². The molecule has 2 aliphatic rings. The van der Waals surface area contributed by atoms with Crippen LogP contribution in [0, 0.1) is 0 Å². The molecule has 0 aliphatic carbocycles. The van der Waals surface area contributed by atoms with Crippen LogP contribution in [0.1, 0.15) is 29.9 Å². The maximum absolute atomic E-state index is 3.46. The van der Waals surface area contributed by atoms with E-state index in [1.165, 1.54) is 42.6 Å². The van der Waals surface area contributed by atoms with Gasteiger partial charge < -0.3 is 10.6 Å². The van der Waals surface area contributed by atoms with Gasteiger partial charge in [0.25, 0.3) is 0 Å². The van der Waals surface area contributed by atoms with Crippen LogP contribution in [0.3, 0.4) is 0 Å². The fourth-order valence-electron chi connectivity index (χ4n) is 2.69. The summed E-state index contributed by atoms with van der Waals surface area (Å²) in [6.07, 6.45) is 3.82. The molecule has 2 N–H and O–H groups in total. The largest absolute Gasteiger partial charge is 0.385 e. The molecule has 1 aromatic rings. The van der Waals surface area contributed by atoms with Crippen molar-refractivity contribution < 1.29 is 0 Å². The van der Waals surface area contributed by atoms with Crippen LogP contribution in [0.4, 0.5) is 5.69 Å². The van der Waals surface area contributed by atoms with Gasteiger partial charge in [-0.3, -0.25) is 0 Å². The standard InChI is InChI=1S/C13H18N2/c1-2-11-8-10(12-5-7-14-9-12)3-4-13(11)15-6-1/h3-4,8,12,14-15H,1-2,5-7,9H2. The molecule has 1 fully saturated rings. The fourth-order valence-corrected chi connectivity index (χ4v) is 2.69. The van der Waals surface area contributed by atoms with Gasteiger partial charge in [0, 0.05) is 18.8 Å². The van der Waals surface area contributed by atoms with E-state index in [1.807, 2.05) is 0 Å². The van der Waals surface area contributed by atoms with Crippen molar-refractivity contribution in [3.8, 4) is 0 Å². The second kappa shape index (κ2) is 3.86. The SMILES string of the molecule is c1cc2c(cc1C1CCNC1)CCCN2. The Bertz CT molecular complexity index is 354. The Balaban J connectivity index is 1.89. The molecule has 2 heterocycles. The van der Waals surface area contributed by atoms with E-state index in [4.69, 9.17) is 0 Å². The average Bonchev–Trinajstić information content (AvgIpc) is 2.82. The van der Waals surface area contributed by atoms with Crippen LogP contribution in [-0.2, 0) is 6.42 Å². The van der Waals surface area contributed by atoms with Gasteiger partial charge in [-0.25, -0.2) is 0 Å². The molecule has 0 spiro atoms.